The van der Waals surface area contributed by atoms with Crippen molar-refractivity contribution in [3.05, 3.63) is 82.2 Å². The number of rotatable bonds is 10. The van der Waals surface area contributed by atoms with Gasteiger partial charge in [0.15, 0.2) is 6.10 Å². The van der Waals surface area contributed by atoms with Crippen molar-refractivity contribution in [1.29, 1.82) is 0 Å². The van der Waals surface area contributed by atoms with Gasteiger partial charge in [-0.15, -0.1) is 0 Å². The first kappa shape index (κ1) is 32.2. The van der Waals surface area contributed by atoms with Crippen LogP contribution in [0.25, 0.3) is 0 Å². The first-order valence-corrected chi connectivity index (χ1v) is 14.8. The average molecular weight is 630 g/mol. The first-order chi connectivity index (χ1) is 21.5. The average Bonchev–Trinajstić information content (AvgIpc) is 3.74. The van der Waals surface area contributed by atoms with Crippen LogP contribution in [-0.2, 0) is 15.8 Å². The number of carbonyl (C=O) groups excluding carboxylic acids is 2. The lowest BCUT2D eigenvalue weighted by atomic mass is 9.87. The number of benzene rings is 2. The number of unbranched alkanes of at least 4 members (excludes halogenated alkanes) is 1. The molecule has 2 amide bonds. The van der Waals surface area contributed by atoms with Gasteiger partial charge in [-0.25, -0.2) is 4.39 Å². The molecule has 8 nitrogen and oxygen atoms in total. The zero-order valence-electron chi connectivity index (χ0n) is 25.1. The van der Waals surface area contributed by atoms with Crippen molar-refractivity contribution < 1.29 is 41.8 Å². The molecule has 3 unspecified atom stereocenters. The summed E-state index contributed by atoms with van der Waals surface area (Å²) in [6, 6.07) is 6.55. The Kier molecular flexibility index (Phi) is 9.33. The lowest BCUT2D eigenvalue weighted by Gasteiger charge is -2.28. The number of nitrogens with one attached hydrogen (secondary N) is 2. The number of oxime groups is 1. The van der Waals surface area contributed by atoms with Gasteiger partial charge in [0.05, 0.1) is 42.5 Å². The third-order valence-corrected chi connectivity index (χ3v) is 8.66. The number of hydrogen-bond donors (Lipinski definition) is 3. The third-order valence-electron chi connectivity index (χ3n) is 8.66. The molecular formula is C33H35F4N3O5. The number of alkyl halides is 3. The largest absolute Gasteiger partial charge is 0.496 e. The van der Waals surface area contributed by atoms with Crippen LogP contribution in [-0.4, -0.2) is 48.5 Å². The molecule has 3 N–H and O–H groups in total. The fraction of sp³-hybridized carbons (Fsp3) is 0.424. The molecule has 12 heteroatoms. The van der Waals surface area contributed by atoms with E-state index in [4.69, 9.17) is 9.57 Å². The van der Waals surface area contributed by atoms with Gasteiger partial charge in [0.2, 0.25) is 5.91 Å². The number of aliphatic hydroxyl groups is 1. The Balaban J connectivity index is 1.46. The Morgan fingerprint density at radius 3 is 2.56 bits per heavy atom. The molecule has 1 fully saturated rings. The Labute approximate surface area is 258 Å². The molecule has 0 spiro atoms. The van der Waals surface area contributed by atoms with Crippen molar-refractivity contribution in [2.75, 3.05) is 19.0 Å². The van der Waals surface area contributed by atoms with E-state index in [-0.39, 0.29) is 35.4 Å². The summed E-state index contributed by atoms with van der Waals surface area (Å²) in [5, 5.41) is 19.0. The molecule has 240 valence electrons. The van der Waals surface area contributed by atoms with Crippen LogP contribution >= 0.6 is 0 Å². The maximum Gasteiger partial charge on any atom is 0.419 e. The fourth-order valence-corrected chi connectivity index (χ4v) is 6.44. The minimum absolute atomic E-state index is 0.192. The SMILES string of the molecule is CCCC/C(C)=C1\C2C=CC1[C@H](C(=O)Nc1ccc(F)c(C(F)(F)F)c1)[C@@H]2NC(=O)c1cc(C2=NOC(CO)C2)ccc1OC. The van der Waals surface area contributed by atoms with Gasteiger partial charge in [0.1, 0.15) is 11.6 Å². The summed E-state index contributed by atoms with van der Waals surface area (Å²) in [5.41, 5.74) is 1.78. The van der Waals surface area contributed by atoms with Crippen molar-refractivity contribution in [3.63, 3.8) is 0 Å². The molecule has 5 atom stereocenters. The molecule has 1 saturated carbocycles. The number of allylic oxidation sites excluding steroid dienone is 2. The highest BCUT2D eigenvalue weighted by molar-refractivity contribution is 6.05. The van der Waals surface area contributed by atoms with Gasteiger partial charge in [-0.3, -0.25) is 9.59 Å². The van der Waals surface area contributed by atoms with Gasteiger partial charge in [0.25, 0.3) is 5.91 Å². The number of aliphatic hydroxyl groups excluding tert-OH is 1. The van der Waals surface area contributed by atoms with Crippen LogP contribution in [0.15, 0.2) is 64.9 Å². The summed E-state index contributed by atoms with van der Waals surface area (Å²) in [6.45, 7) is 3.87. The smallest absolute Gasteiger partial charge is 0.419 e. The fourth-order valence-electron chi connectivity index (χ4n) is 6.44. The van der Waals surface area contributed by atoms with Gasteiger partial charge in [0, 0.05) is 29.5 Å². The van der Waals surface area contributed by atoms with Crippen molar-refractivity contribution in [1.82, 2.24) is 5.32 Å². The Morgan fingerprint density at radius 1 is 1.13 bits per heavy atom. The van der Waals surface area contributed by atoms with E-state index in [1.54, 1.807) is 18.2 Å². The van der Waals surface area contributed by atoms with Crippen LogP contribution in [0.4, 0.5) is 23.2 Å². The second-order valence-electron chi connectivity index (χ2n) is 11.5. The third kappa shape index (κ3) is 6.47. The minimum Gasteiger partial charge on any atom is -0.496 e. The number of ether oxygens (including phenoxy) is 1. The predicted octanol–water partition coefficient (Wildman–Crippen LogP) is 6.01. The van der Waals surface area contributed by atoms with Gasteiger partial charge in [-0.2, -0.15) is 13.2 Å². The Hall–Kier alpha value is -4.19. The molecule has 2 aromatic carbocycles. The summed E-state index contributed by atoms with van der Waals surface area (Å²) >= 11 is 0. The summed E-state index contributed by atoms with van der Waals surface area (Å²) in [4.78, 5) is 32.9. The molecule has 2 bridgehead atoms. The van der Waals surface area contributed by atoms with E-state index >= 15 is 0 Å². The van der Waals surface area contributed by atoms with Crippen molar-refractivity contribution in [2.45, 2.75) is 57.9 Å². The molecule has 0 saturated heterocycles. The van der Waals surface area contributed by atoms with E-state index in [9.17, 15) is 32.3 Å². The Bertz CT molecular complexity index is 1570. The van der Waals surface area contributed by atoms with Gasteiger partial charge in [-0.1, -0.05) is 41.8 Å². The number of amides is 2. The topological polar surface area (TPSA) is 109 Å². The van der Waals surface area contributed by atoms with Crippen molar-refractivity contribution >= 4 is 23.2 Å². The normalized spacial score (nSPS) is 24.7. The molecule has 3 aliphatic rings. The van der Waals surface area contributed by atoms with Crippen molar-refractivity contribution in [3.8, 4) is 5.75 Å². The molecule has 5 rings (SSSR count). The van der Waals surface area contributed by atoms with Crippen LogP contribution < -0.4 is 15.4 Å². The number of nitrogens with zero attached hydrogens (tertiary/aromatic N) is 1. The number of carbonyl (C=O) groups is 2. The van der Waals surface area contributed by atoms with Crippen LogP contribution in [0, 0.1) is 23.6 Å². The van der Waals surface area contributed by atoms with E-state index in [0.717, 1.165) is 36.5 Å². The van der Waals surface area contributed by atoms with Crippen LogP contribution in [0.3, 0.4) is 0 Å². The van der Waals surface area contributed by atoms with E-state index in [2.05, 4.69) is 22.7 Å². The monoisotopic (exact) mass is 629 g/mol. The standard InChI is InChI=1S/C33H35F4N3O5/c1-4-5-6-17(2)28-21-9-10-22(28)30(29(21)32(43)38-19-8-11-25(34)24(14-19)33(35,36)37)39-31(42)23-13-18(7-12-27(23)44-3)26-15-20(16-41)45-40-26/h7-14,20-22,29-30,41H,4-6,15-16H2,1-3H3,(H,38,43)(H,39,42)/b28-17-/t20?,21?,22?,29-,30+/m0/s1. The lowest BCUT2D eigenvalue weighted by Crippen LogP contribution is -2.47. The number of halogens is 4. The zero-order chi connectivity index (χ0) is 32.5. The lowest BCUT2D eigenvalue weighted by molar-refractivity contribution is -0.140. The summed E-state index contributed by atoms with van der Waals surface area (Å²) in [6.07, 6.45) is 1.51. The van der Waals surface area contributed by atoms with E-state index < -0.39 is 47.4 Å². The summed E-state index contributed by atoms with van der Waals surface area (Å²) in [5.74, 6) is -3.79. The molecule has 1 heterocycles. The van der Waals surface area contributed by atoms with E-state index in [0.29, 0.717) is 29.8 Å². The highest BCUT2D eigenvalue weighted by atomic mass is 19.4. The molecule has 0 radical (unpaired) electrons. The van der Waals surface area contributed by atoms with Gasteiger partial charge < -0.3 is 25.3 Å². The summed E-state index contributed by atoms with van der Waals surface area (Å²) in [7, 11) is 1.43. The van der Waals surface area contributed by atoms with Crippen molar-refractivity contribution in [2.24, 2.45) is 22.9 Å². The summed E-state index contributed by atoms with van der Waals surface area (Å²) < 4.78 is 59.5. The van der Waals surface area contributed by atoms with Gasteiger partial charge in [-0.05, 0) is 56.2 Å². The number of methoxy groups -OCH3 is 1. The minimum atomic E-state index is -4.94. The highest BCUT2D eigenvalue weighted by Gasteiger charge is 2.53. The molecular weight excluding hydrogens is 594 g/mol. The first-order valence-electron chi connectivity index (χ1n) is 14.8. The predicted molar refractivity (Wildman–Crippen MR) is 159 cm³/mol. The van der Waals surface area contributed by atoms with Crippen LogP contribution in [0.5, 0.6) is 5.75 Å². The number of fused-ring (bicyclic) bond motifs is 2. The van der Waals surface area contributed by atoms with E-state index in [1.807, 2.05) is 19.1 Å². The molecule has 2 aromatic rings. The number of hydrogen-bond acceptors (Lipinski definition) is 6. The molecule has 1 aliphatic heterocycles. The second-order valence-corrected chi connectivity index (χ2v) is 11.5. The zero-order valence-corrected chi connectivity index (χ0v) is 25.1. The quantitative estimate of drug-likeness (QED) is 0.220. The van der Waals surface area contributed by atoms with Gasteiger partial charge >= 0.3 is 6.18 Å². The maximum absolute atomic E-state index is 13.9. The van der Waals surface area contributed by atoms with E-state index in [1.165, 1.54) is 7.11 Å². The highest BCUT2D eigenvalue weighted by Crippen LogP contribution is 2.50. The van der Waals surface area contributed by atoms with Crippen LogP contribution in [0.2, 0.25) is 0 Å². The molecule has 2 aliphatic carbocycles. The number of anilines is 1. The maximum atomic E-state index is 13.9. The Morgan fingerprint density at radius 2 is 1.89 bits per heavy atom. The molecule has 0 aromatic heterocycles. The second kappa shape index (κ2) is 13.0. The van der Waals surface area contributed by atoms with Crippen LogP contribution in [0.1, 0.15) is 61.0 Å². The molecule has 45 heavy (non-hydrogen) atoms.